The van der Waals surface area contributed by atoms with Crippen LogP contribution in [0.15, 0.2) is 24.3 Å². The van der Waals surface area contributed by atoms with E-state index in [1.165, 1.54) is 0 Å². The van der Waals surface area contributed by atoms with Crippen LogP contribution in [0.25, 0.3) is 0 Å². The number of carbonyl (C=O) groups excluding carboxylic acids is 3. The molecule has 1 aromatic carbocycles. The lowest BCUT2D eigenvalue weighted by atomic mass is 9.86. The van der Waals surface area contributed by atoms with Gasteiger partial charge >= 0.3 is 0 Å². The van der Waals surface area contributed by atoms with Gasteiger partial charge in [-0.05, 0) is 75.6 Å². The Morgan fingerprint density at radius 1 is 0.844 bits per heavy atom. The molecule has 10 heteroatoms. The number of rotatable bonds is 6. The zero-order valence-corrected chi connectivity index (χ0v) is 28.2. The number of benzene rings is 1. The molecule has 9 nitrogen and oxygen atoms in total. The first-order chi connectivity index (χ1) is 21.7. The predicted molar refractivity (Wildman–Crippen MR) is 175 cm³/mol. The summed E-state index contributed by atoms with van der Waals surface area (Å²) in [6.07, 6.45) is 6.66. The van der Waals surface area contributed by atoms with Gasteiger partial charge in [0.2, 0.25) is 17.7 Å². The lowest BCUT2D eigenvalue weighted by Gasteiger charge is -2.39. The van der Waals surface area contributed by atoms with E-state index in [0.29, 0.717) is 49.6 Å². The SMILES string of the molecule is CC(=O)N(C1CCC(C)CC1)[C@H]1C[C@@H](C(=O)N2CCN(C)CC2)N(C(=O)[C@@H]2CN(C3CCOCC3)C[C@H]2c2ccc(Cl)cc2)C1. The summed E-state index contributed by atoms with van der Waals surface area (Å²) >= 11 is 6.27. The molecule has 4 saturated heterocycles. The molecule has 1 aromatic rings. The maximum absolute atomic E-state index is 14.9. The first-order valence-electron chi connectivity index (χ1n) is 17.3. The molecule has 4 heterocycles. The van der Waals surface area contributed by atoms with Crippen LogP contribution in [-0.4, -0.2) is 132 Å². The summed E-state index contributed by atoms with van der Waals surface area (Å²) in [5.41, 5.74) is 1.12. The number of ether oxygens (including phenoxy) is 1. The molecule has 1 aliphatic carbocycles. The second-order valence-electron chi connectivity index (χ2n) is 14.4. The average molecular weight is 642 g/mol. The molecule has 4 atom stereocenters. The van der Waals surface area contributed by atoms with Crippen LogP contribution in [0.4, 0.5) is 0 Å². The zero-order chi connectivity index (χ0) is 31.7. The van der Waals surface area contributed by atoms with Crippen LogP contribution in [0.1, 0.15) is 70.3 Å². The van der Waals surface area contributed by atoms with Crippen molar-refractivity contribution in [3.05, 3.63) is 34.9 Å². The molecule has 5 fully saturated rings. The van der Waals surface area contributed by atoms with Crippen molar-refractivity contribution in [2.75, 3.05) is 66.1 Å². The van der Waals surface area contributed by atoms with E-state index in [1.807, 2.05) is 21.9 Å². The van der Waals surface area contributed by atoms with Crippen molar-refractivity contribution in [3.63, 3.8) is 0 Å². The van der Waals surface area contributed by atoms with Crippen LogP contribution in [-0.2, 0) is 19.1 Å². The van der Waals surface area contributed by atoms with Crippen LogP contribution in [0, 0.1) is 11.8 Å². The Morgan fingerprint density at radius 3 is 2.16 bits per heavy atom. The summed E-state index contributed by atoms with van der Waals surface area (Å²) < 4.78 is 5.66. The van der Waals surface area contributed by atoms with Gasteiger partial charge in [-0.15, -0.1) is 0 Å². The number of carbonyl (C=O) groups is 3. The number of nitrogens with zero attached hydrogens (tertiary/aromatic N) is 5. The van der Waals surface area contributed by atoms with Crippen molar-refractivity contribution in [3.8, 4) is 0 Å². The molecule has 0 bridgehead atoms. The molecule has 0 aromatic heterocycles. The number of likely N-dealkylation sites (N-methyl/N-ethyl adjacent to an activating group) is 1. The van der Waals surface area contributed by atoms with Gasteiger partial charge in [-0.25, -0.2) is 0 Å². The fourth-order valence-electron chi connectivity index (χ4n) is 8.76. The van der Waals surface area contributed by atoms with Crippen molar-refractivity contribution >= 4 is 29.3 Å². The highest BCUT2D eigenvalue weighted by molar-refractivity contribution is 6.30. The minimum Gasteiger partial charge on any atom is -0.381 e. The molecule has 3 amide bonds. The molecular weight excluding hydrogens is 590 g/mol. The quantitative estimate of drug-likeness (QED) is 0.472. The lowest BCUT2D eigenvalue weighted by molar-refractivity contribution is -0.147. The van der Waals surface area contributed by atoms with Crippen molar-refractivity contribution in [2.24, 2.45) is 11.8 Å². The van der Waals surface area contributed by atoms with Gasteiger partial charge < -0.3 is 24.3 Å². The Balaban J connectivity index is 1.29. The molecule has 4 aliphatic heterocycles. The van der Waals surface area contributed by atoms with Gasteiger partial charge in [-0.1, -0.05) is 30.7 Å². The highest BCUT2D eigenvalue weighted by Crippen LogP contribution is 2.40. The third-order valence-corrected chi connectivity index (χ3v) is 11.7. The van der Waals surface area contributed by atoms with Gasteiger partial charge in [0.25, 0.3) is 0 Å². The van der Waals surface area contributed by atoms with Crippen LogP contribution >= 0.6 is 11.6 Å². The number of halogens is 1. The summed E-state index contributed by atoms with van der Waals surface area (Å²) in [5.74, 6) is 0.582. The second-order valence-corrected chi connectivity index (χ2v) is 14.9. The Morgan fingerprint density at radius 2 is 1.51 bits per heavy atom. The summed E-state index contributed by atoms with van der Waals surface area (Å²) in [6, 6.07) is 7.82. The third-order valence-electron chi connectivity index (χ3n) is 11.5. The highest BCUT2D eigenvalue weighted by Gasteiger charge is 2.50. The second kappa shape index (κ2) is 14.3. The molecule has 0 N–H and O–H groups in total. The molecule has 0 radical (unpaired) electrons. The standard InChI is InChI=1S/C35H52ClN5O4/c1-24-4-10-29(11-5-24)41(25(2)42)30-20-33(35(44)38-16-14-37(3)15-17-38)40(21-30)34(43)32-23-39(28-12-18-45-19-13-28)22-31(32)26-6-8-27(36)9-7-26/h6-9,24,28-33H,4-5,10-23H2,1-3H3/t24?,29?,30-,31-,32+,33-/m0/s1. The number of hydrogen-bond acceptors (Lipinski definition) is 6. The number of hydrogen-bond donors (Lipinski definition) is 0. The normalized spacial score (nSPS) is 32.2. The smallest absolute Gasteiger partial charge is 0.245 e. The van der Waals surface area contributed by atoms with E-state index < -0.39 is 6.04 Å². The zero-order valence-electron chi connectivity index (χ0n) is 27.4. The Hall–Kier alpha value is -2.20. The molecule has 1 saturated carbocycles. The highest BCUT2D eigenvalue weighted by atomic mass is 35.5. The van der Waals surface area contributed by atoms with E-state index in [1.54, 1.807) is 6.92 Å². The minimum absolute atomic E-state index is 0.0137. The fraction of sp³-hybridized carbons (Fsp3) is 0.743. The number of likely N-dealkylation sites (tertiary alicyclic amines) is 2. The summed E-state index contributed by atoms with van der Waals surface area (Å²) in [4.78, 5) is 53.0. The predicted octanol–water partition coefficient (Wildman–Crippen LogP) is 3.71. The van der Waals surface area contributed by atoms with Gasteiger partial charge in [0.05, 0.1) is 12.0 Å². The maximum atomic E-state index is 14.9. The molecule has 5 aliphatic rings. The van der Waals surface area contributed by atoms with E-state index >= 15 is 0 Å². The van der Waals surface area contributed by atoms with Gasteiger partial charge in [-0.2, -0.15) is 0 Å². The van der Waals surface area contributed by atoms with Crippen molar-refractivity contribution < 1.29 is 19.1 Å². The topological polar surface area (TPSA) is 76.6 Å². The third kappa shape index (κ3) is 7.21. The van der Waals surface area contributed by atoms with Gasteiger partial charge in [0.15, 0.2) is 0 Å². The Labute approximate surface area is 274 Å². The van der Waals surface area contributed by atoms with E-state index in [-0.39, 0.29) is 41.6 Å². The minimum atomic E-state index is -0.543. The molecule has 6 rings (SSSR count). The molecule has 0 unspecified atom stereocenters. The summed E-state index contributed by atoms with van der Waals surface area (Å²) in [5, 5.41) is 0.683. The van der Waals surface area contributed by atoms with E-state index in [0.717, 1.165) is 76.9 Å². The van der Waals surface area contributed by atoms with Crippen LogP contribution in [0.3, 0.4) is 0 Å². The van der Waals surface area contributed by atoms with Crippen molar-refractivity contribution in [1.82, 2.24) is 24.5 Å². The average Bonchev–Trinajstić information content (AvgIpc) is 3.68. The van der Waals surface area contributed by atoms with Crippen LogP contribution in [0.5, 0.6) is 0 Å². The molecule has 0 spiro atoms. The van der Waals surface area contributed by atoms with E-state index in [2.05, 4.69) is 40.8 Å². The first-order valence-corrected chi connectivity index (χ1v) is 17.7. The summed E-state index contributed by atoms with van der Waals surface area (Å²) in [6.45, 7) is 10.4. The van der Waals surface area contributed by atoms with Crippen LogP contribution < -0.4 is 0 Å². The lowest BCUT2D eigenvalue weighted by Crippen LogP contribution is -2.54. The largest absolute Gasteiger partial charge is 0.381 e. The monoisotopic (exact) mass is 641 g/mol. The molecule has 248 valence electrons. The van der Waals surface area contributed by atoms with Gasteiger partial charge in [-0.3, -0.25) is 19.3 Å². The van der Waals surface area contributed by atoms with E-state index in [9.17, 15) is 14.4 Å². The van der Waals surface area contributed by atoms with E-state index in [4.69, 9.17) is 16.3 Å². The molecule has 45 heavy (non-hydrogen) atoms. The first kappa shape index (κ1) is 32.7. The van der Waals surface area contributed by atoms with Crippen molar-refractivity contribution in [2.45, 2.75) is 88.9 Å². The Bertz CT molecular complexity index is 1190. The molecular formula is C35H52ClN5O4. The Kier molecular flexibility index (Phi) is 10.4. The number of amides is 3. The summed E-state index contributed by atoms with van der Waals surface area (Å²) in [7, 11) is 2.08. The van der Waals surface area contributed by atoms with Crippen molar-refractivity contribution in [1.29, 1.82) is 0 Å². The fourth-order valence-corrected chi connectivity index (χ4v) is 8.88. The van der Waals surface area contributed by atoms with Gasteiger partial charge in [0.1, 0.15) is 6.04 Å². The number of piperazine rings is 1. The van der Waals surface area contributed by atoms with Gasteiger partial charge in [0, 0.05) is 89.0 Å². The maximum Gasteiger partial charge on any atom is 0.245 e. The van der Waals surface area contributed by atoms with Crippen LogP contribution in [0.2, 0.25) is 5.02 Å².